The molecular weight excluding hydrogens is 268 g/mol. The Morgan fingerprint density at radius 1 is 1.33 bits per heavy atom. The highest BCUT2D eigenvalue weighted by atomic mass is 16.4. The Labute approximate surface area is 122 Å². The molecule has 5 heteroatoms. The first-order valence-electron chi connectivity index (χ1n) is 7.12. The zero-order chi connectivity index (χ0) is 15.0. The maximum atomic E-state index is 12.4. The van der Waals surface area contributed by atoms with Crippen molar-refractivity contribution >= 4 is 22.8 Å². The summed E-state index contributed by atoms with van der Waals surface area (Å²) in [5.41, 5.74) is 1.55. The second kappa shape index (κ2) is 4.91. The second-order valence-electron chi connectivity index (χ2n) is 5.79. The molecule has 1 fully saturated rings. The van der Waals surface area contributed by atoms with Gasteiger partial charge in [-0.3, -0.25) is 9.59 Å². The number of carboxylic acids is 1. The molecule has 0 unspecified atom stereocenters. The lowest BCUT2D eigenvalue weighted by molar-refractivity contribution is -0.153. The van der Waals surface area contributed by atoms with E-state index in [0.717, 1.165) is 23.0 Å². The molecule has 0 bridgehead atoms. The van der Waals surface area contributed by atoms with Gasteiger partial charge in [0.05, 0.1) is 11.0 Å². The van der Waals surface area contributed by atoms with Crippen molar-refractivity contribution in [2.45, 2.75) is 26.2 Å². The van der Waals surface area contributed by atoms with Gasteiger partial charge in [-0.15, -0.1) is 0 Å². The maximum Gasteiger partial charge on any atom is 0.311 e. The van der Waals surface area contributed by atoms with Gasteiger partial charge in [0.2, 0.25) is 0 Å². The van der Waals surface area contributed by atoms with Gasteiger partial charge in [0.25, 0.3) is 5.91 Å². The summed E-state index contributed by atoms with van der Waals surface area (Å²) < 4.78 is 0. The average molecular weight is 286 g/mol. The van der Waals surface area contributed by atoms with Crippen molar-refractivity contribution in [3.05, 3.63) is 35.5 Å². The molecule has 5 nitrogen and oxygen atoms in total. The van der Waals surface area contributed by atoms with Gasteiger partial charge in [-0.1, -0.05) is 24.6 Å². The van der Waals surface area contributed by atoms with Crippen LogP contribution in [-0.2, 0) is 4.79 Å². The Kier molecular flexibility index (Phi) is 3.20. The number of aryl methyl sites for hydroxylation is 1. The lowest BCUT2D eigenvalue weighted by Crippen LogP contribution is -2.47. The second-order valence-corrected chi connectivity index (χ2v) is 5.79. The molecule has 0 radical (unpaired) electrons. The fourth-order valence-corrected chi connectivity index (χ4v) is 2.98. The number of aliphatic carboxylic acids is 1. The maximum absolute atomic E-state index is 12.4. The number of amides is 1. The highest BCUT2D eigenvalue weighted by Gasteiger charge is 2.44. The molecule has 3 N–H and O–H groups in total. The molecule has 1 aliphatic carbocycles. The van der Waals surface area contributed by atoms with Crippen molar-refractivity contribution in [1.82, 2.24) is 10.3 Å². The molecule has 110 valence electrons. The summed E-state index contributed by atoms with van der Waals surface area (Å²) >= 11 is 0. The number of carbonyl (C=O) groups is 2. The third-order valence-electron chi connectivity index (χ3n) is 4.47. The molecule has 2 aromatic rings. The molecule has 0 saturated heterocycles. The van der Waals surface area contributed by atoms with Crippen LogP contribution in [0.3, 0.4) is 0 Å². The van der Waals surface area contributed by atoms with Gasteiger partial charge < -0.3 is 15.4 Å². The number of aromatic amines is 1. The summed E-state index contributed by atoms with van der Waals surface area (Å²) in [6.07, 6.45) is 2.18. The van der Waals surface area contributed by atoms with E-state index < -0.39 is 11.4 Å². The van der Waals surface area contributed by atoms with E-state index in [9.17, 15) is 14.7 Å². The molecular formula is C16H18N2O3. The largest absolute Gasteiger partial charge is 0.481 e. The minimum atomic E-state index is -0.815. The molecule has 1 aromatic heterocycles. The Hall–Kier alpha value is -2.30. The number of rotatable bonds is 4. The van der Waals surface area contributed by atoms with Crippen LogP contribution < -0.4 is 5.32 Å². The monoisotopic (exact) mass is 286 g/mol. The van der Waals surface area contributed by atoms with Gasteiger partial charge in [0, 0.05) is 23.1 Å². The molecule has 0 aliphatic heterocycles. The van der Waals surface area contributed by atoms with Crippen molar-refractivity contribution in [3.8, 4) is 0 Å². The van der Waals surface area contributed by atoms with Crippen molar-refractivity contribution in [1.29, 1.82) is 0 Å². The summed E-state index contributed by atoms with van der Waals surface area (Å²) in [6.45, 7) is 2.05. The van der Waals surface area contributed by atoms with Gasteiger partial charge in [0.15, 0.2) is 0 Å². The topological polar surface area (TPSA) is 82.2 Å². The fourth-order valence-electron chi connectivity index (χ4n) is 2.98. The number of benzene rings is 1. The number of aromatic nitrogens is 1. The summed E-state index contributed by atoms with van der Waals surface area (Å²) in [7, 11) is 0. The molecule has 21 heavy (non-hydrogen) atoms. The lowest BCUT2D eigenvalue weighted by atomic mass is 9.69. The van der Waals surface area contributed by atoms with Crippen LogP contribution in [0.15, 0.2) is 24.3 Å². The molecule has 1 amide bonds. The minimum absolute atomic E-state index is 0.195. The predicted molar refractivity (Wildman–Crippen MR) is 79.3 cm³/mol. The van der Waals surface area contributed by atoms with Gasteiger partial charge in [0.1, 0.15) is 0 Å². The molecule has 3 rings (SSSR count). The Balaban J connectivity index is 1.81. The van der Waals surface area contributed by atoms with Crippen LogP contribution in [-0.4, -0.2) is 28.5 Å². The van der Waals surface area contributed by atoms with Gasteiger partial charge in [-0.25, -0.2) is 0 Å². The van der Waals surface area contributed by atoms with E-state index in [2.05, 4.69) is 10.3 Å². The standard InChI is InChI=1S/C16H18N2O3/c1-10-13(11-5-2-3-6-12(11)18-10)14(19)17-9-16(15(20)21)7-4-8-16/h2-3,5-6,18H,4,7-9H2,1H3,(H,17,19)(H,20,21). The van der Waals surface area contributed by atoms with E-state index in [4.69, 9.17) is 0 Å². The van der Waals surface area contributed by atoms with E-state index in [0.29, 0.717) is 18.4 Å². The molecule has 1 aliphatic rings. The van der Waals surface area contributed by atoms with Crippen LogP contribution in [0.1, 0.15) is 35.3 Å². The normalized spacial score (nSPS) is 16.4. The predicted octanol–water partition coefficient (Wildman–Crippen LogP) is 2.46. The lowest BCUT2D eigenvalue weighted by Gasteiger charge is -2.37. The quantitative estimate of drug-likeness (QED) is 0.807. The third kappa shape index (κ3) is 2.18. The number of para-hydroxylation sites is 1. The zero-order valence-corrected chi connectivity index (χ0v) is 11.9. The number of hydrogen-bond donors (Lipinski definition) is 3. The molecule has 1 aromatic carbocycles. The van der Waals surface area contributed by atoms with Gasteiger partial charge in [-0.05, 0) is 25.8 Å². The van der Waals surface area contributed by atoms with E-state index >= 15 is 0 Å². The first kappa shape index (κ1) is 13.7. The van der Waals surface area contributed by atoms with E-state index in [-0.39, 0.29) is 12.5 Å². The number of nitrogens with one attached hydrogen (secondary N) is 2. The number of fused-ring (bicyclic) bond motifs is 1. The Morgan fingerprint density at radius 2 is 2.05 bits per heavy atom. The van der Waals surface area contributed by atoms with Crippen LogP contribution in [0, 0.1) is 12.3 Å². The zero-order valence-electron chi connectivity index (χ0n) is 11.9. The highest BCUT2D eigenvalue weighted by Crippen LogP contribution is 2.40. The van der Waals surface area contributed by atoms with Crippen molar-refractivity contribution in [2.75, 3.05) is 6.54 Å². The number of carboxylic acid groups (broad SMARTS) is 1. The molecule has 0 spiro atoms. The van der Waals surface area contributed by atoms with Crippen LogP contribution in [0.2, 0.25) is 0 Å². The summed E-state index contributed by atoms with van der Waals surface area (Å²) in [4.78, 5) is 26.9. The smallest absolute Gasteiger partial charge is 0.311 e. The molecule has 0 atom stereocenters. The van der Waals surface area contributed by atoms with Crippen molar-refractivity contribution < 1.29 is 14.7 Å². The summed E-state index contributed by atoms with van der Waals surface area (Å²) in [5, 5.41) is 13.0. The number of H-pyrrole nitrogens is 1. The van der Waals surface area contributed by atoms with E-state index in [1.807, 2.05) is 31.2 Å². The summed E-state index contributed by atoms with van der Waals surface area (Å²) in [6, 6.07) is 7.61. The molecule has 1 saturated carbocycles. The molecule has 1 heterocycles. The third-order valence-corrected chi connectivity index (χ3v) is 4.47. The average Bonchev–Trinajstić information content (AvgIpc) is 2.72. The van der Waals surface area contributed by atoms with Crippen LogP contribution in [0.4, 0.5) is 0 Å². The first-order chi connectivity index (χ1) is 10.0. The van der Waals surface area contributed by atoms with Crippen LogP contribution >= 0.6 is 0 Å². The minimum Gasteiger partial charge on any atom is -0.481 e. The van der Waals surface area contributed by atoms with Crippen LogP contribution in [0.5, 0.6) is 0 Å². The fraction of sp³-hybridized carbons (Fsp3) is 0.375. The number of hydrogen-bond acceptors (Lipinski definition) is 2. The number of carbonyl (C=O) groups excluding carboxylic acids is 1. The highest BCUT2D eigenvalue weighted by molar-refractivity contribution is 6.08. The SMILES string of the molecule is Cc1[nH]c2ccccc2c1C(=O)NCC1(C(=O)O)CCC1. The van der Waals surface area contributed by atoms with Gasteiger partial charge >= 0.3 is 5.97 Å². The van der Waals surface area contributed by atoms with Gasteiger partial charge in [-0.2, -0.15) is 0 Å². The first-order valence-corrected chi connectivity index (χ1v) is 7.12. The Bertz CT molecular complexity index is 713. The van der Waals surface area contributed by atoms with Crippen LogP contribution in [0.25, 0.3) is 10.9 Å². The van der Waals surface area contributed by atoms with E-state index in [1.54, 1.807) is 0 Å². The van der Waals surface area contributed by atoms with E-state index in [1.165, 1.54) is 0 Å². The summed E-state index contributed by atoms with van der Waals surface area (Å²) in [5.74, 6) is -1.03. The Morgan fingerprint density at radius 3 is 2.67 bits per heavy atom. The van der Waals surface area contributed by atoms with Crippen molar-refractivity contribution in [2.24, 2.45) is 5.41 Å². The van der Waals surface area contributed by atoms with Crippen molar-refractivity contribution in [3.63, 3.8) is 0 Å².